The molecule has 7 heteroatoms. The Labute approximate surface area is 143 Å². The molecule has 6 nitrogen and oxygen atoms in total. The molecule has 0 aliphatic heterocycles. The van der Waals surface area contributed by atoms with E-state index in [0.717, 1.165) is 5.69 Å². The molecule has 0 aliphatic rings. The number of hydrogen-bond acceptors (Lipinski definition) is 4. The van der Waals surface area contributed by atoms with Gasteiger partial charge in [-0.3, -0.25) is 4.79 Å². The molecule has 1 N–H and O–H groups in total. The van der Waals surface area contributed by atoms with Crippen molar-refractivity contribution in [3.8, 4) is 5.69 Å². The molecule has 0 saturated carbocycles. The van der Waals surface area contributed by atoms with Crippen molar-refractivity contribution in [1.29, 1.82) is 0 Å². The predicted octanol–water partition coefficient (Wildman–Crippen LogP) is 3.50. The lowest BCUT2D eigenvalue weighted by Gasteiger charge is -2.01. The summed E-state index contributed by atoms with van der Waals surface area (Å²) >= 11 is 6.39. The first-order chi connectivity index (χ1) is 11.6. The number of furan rings is 1. The van der Waals surface area contributed by atoms with Crippen molar-refractivity contribution in [2.45, 2.75) is 13.8 Å². The van der Waals surface area contributed by atoms with Crippen LogP contribution in [-0.2, 0) is 0 Å². The molecule has 0 aliphatic carbocycles. The van der Waals surface area contributed by atoms with Crippen molar-refractivity contribution < 1.29 is 9.21 Å². The van der Waals surface area contributed by atoms with Crippen LogP contribution in [0.15, 0.2) is 52.2 Å². The van der Waals surface area contributed by atoms with E-state index < -0.39 is 0 Å². The van der Waals surface area contributed by atoms with Gasteiger partial charge in [-0.25, -0.2) is 10.1 Å². The van der Waals surface area contributed by atoms with E-state index in [4.69, 9.17) is 16.0 Å². The highest BCUT2D eigenvalue weighted by Gasteiger charge is 2.14. The molecule has 0 bridgehead atoms. The molecule has 3 rings (SSSR count). The zero-order chi connectivity index (χ0) is 17.1. The number of hydrazone groups is 1. The zero-order valence-electron chi connectivity index (χ0n) is 13.2. The molecule has 122 valence electrons. The number of para-hydroxylation sites is 1. The van der Waals surface area contributed by atoms with E-state index in [2.05, 4.69) is 15.6 Å². The lowest BCUT2D eigenvalue weighted by molar-refractivity contribution is 0.0953. The summed E-state index contributed by atoms with van der Waals surface area (Å²) in [7, 11) is 0. The van der Waals surface area contributed by atoms with Gasteiger partial charge in [-0.1, -0.05) is 29.8 Å². The van der Waals surface area contributed by atoms with E-state index in [-0.39, 0.29) is 5.91 Å². The van der Waals surface area contributed by atoms with Gasteiger partial charge in [0.2, 0.25) is 0 Å². The van der Waals surface area contributed by atoms with Crippen LogP contribution in [-0.4, -0.2) is 21.9 Å². The molecule has 0 atom stereocenters. The van der Waals surface area contributed by atoms with Crippen LogP contribution >= 0.6 is 11.6 Å². The van der Waals surface area contributed by atoms with Crippen LogP contribution in [0, 0.1) is 13.8 Å². The molecule has 1 aromatic carbocycles. The number of amides is 1. The van der Waals surface area contributed by atoms with Crippen LogP contribution in [0.2, 0.25) is 5.15 Å². The van der Waals surface area contributed by atoms with E-state index in [0.29, 0.717) is 27.7 Å². The second-order valence-corrected chi connectivity index (χ2v) is 5.48. The Bertz CT molecular complexity index is 897. The van der Waals surface area contributed by atoms with Gasteiger partial charge >= 0.3 is 0 Å². The van der Waals surface area contributed by atoms with E-state index in [1.54, 1.807) is 17.7 Å². The minimum absolute atomic E-state index is 0.346. The minimum atomic E-state index is -0.346. The van der Waals surface area contributed by atoms with Gasteiger partial charge < -0.3 is 4.42 Å². The molecule has 0 radical (unpaired) electrons. The van der Waals surface area contributed by atoms with E-state index in [1.165, 1.54) is 12.5 Å². The fraction of sp³-hybridized carbons (Fsp3) is 0.118. The van der Waals surface area contributed by atoms with E-state index in [9.17, 15) is 4.79 Å². The Balaban J connectivity index is 1.80. The molecule has 2 heterocycles. The number of nitrogens with one attached hydrogen (secondary N) is 1. The molecule has 3 aromatic rings. The Morgan fingerprint density at radius 2 is 2.04 bits per heavy atom. The number of aryl methyl sites for hydroxylation is 2. The maximum Gasteiger partial charge on any atom is 0.274 e. The van der Waals surface area contributed by atoms with Crippen LogP contribution in [0.3, 0.4) is 0 Å². The Kier molecular flexibility index (Phi) is 4.48. The molecular formula is C17H15ClN4O2. The normalized spacial score (nSPS) is 11.1. The van der Waals surface area contributed by atoms with Gasteiger partial charge in [0.25, 0.3) is 5.91 Å². The maximum atomic E-state index is 12.0. The number of halogens is 1. The van der Waals surface area contributed by atoms with E-state index >= 15 is 0 Å². The highest BCUT2D eigenvalue weighted by molar-refractivity contribution is 6.32. The summed E-state index contributed by atoms with van der Waals surface area (Å²) in [6, 6.07) is 11.1. The third kappa shape index (κ3) is 3.09. The van der Waals surface area contributed by atoms with Crippen LogP contribution in [0.4, 0.5) is 0 Å². The highest BCUT2D eigenvalue weighted by Crippen LogP contribution is 2.21. The first-order valence-corrected chi connectivity index (χ1v) is 7.63. The summed E-state index contributed by atoms with van der Waals surface area (Å²) in [6.07, 6.45) is 2.94. The number of carbonyl (C=O) groups is 1. The summed E-state index contributed by atoms with van der Waals surface area (Å²) < 4.78 is 6.72. The van der Waals surface area contributed by atoms with Crippen molar-refractivity contribution in [3.63, 3.8) is 0 Å². The molecule has 1 amide bonds. The van der Waals surface area contributed by atoms with Crippen LogP contribution in [0.25, 0.3) is 5.69 Å². The monoisotopic (exact) mass is 342 g/mol. The van der Waals surface area contributed by atoms with Crippen molar-refractivity contribution in [1.82, 2.24) is 15.2 Å². The van der Waals surface area contributed by atoms with Crippen LogP contribution < -0.4 is 5.43 Å². The molecule has 0 saturated heterocycles. The molecule has 2 aromatic heterocycles. The number of nitrogens with zero attached hydrogens (tertiary/aromatic N) is 3. The quantitative estimate of drug-likeness (QED) is 0.582. The minimum Gasteiger partial charge on any atom is -0.469 e. The topological polar surface area (TPSA) is 72.4 Å². The summed E-state index contributed by atoms with van der Waals surface area (Å²) in [5.41, 5.74) is 5.10. The fourth-order valence-electron chi connectivity index (χ4n) is 2.23. The molecule has 0 unspecified atom stereocenters. The first kappa shape index (κ1) is 16.0. The van der Waals surface area contributed by atoms with E-state index in [1.807, 2.05) is 37.3 Å². The third-order valence-electron chi connectivity index (χ3n) is 3.51. The highest BCUT2D eigenvalue weighted by atomic mass is 35.5. The summed E-state index contributed by atoms with van der Waals surface area (Å²) in [5.74, 6) is 0.190. The lowest BCUT2D eigenvalue weighted by Crippen LogP contribution is -2.17. The van der Waals surface area contributed by atoms with Gasteiger partial charge in [0, 0.05) is 0 Å². The van der Waals surface area contributed by atoms with Gasteiger partial charge in [-0.2, -0.15) is 10.2 Å². The van der Waals surface area contributed by atoms with Crippen molar-refractivity contribution in [3.05, 3.63) is 70.4 Å². The summed E-state index contributed by atoms with van der Waals surface area (Å²) in [6.45, 7) is 3.54. The van der Waals surface area contributed by atoms with Crippen molar-refractivity contribution in [2.24, 2.45) is 5.10 Å². The number of rotatable bonds is 4. The Hall–Kier alpha value is -2.86. The lowest BCUT2D eigenvalue weighted by atomic mass is 10.2. The van der Waals surface area contributed by atoms with Gasteiger partial charge in [0.15, 0.2) is 0 Å². The second-order valence-electron chi connectivity index (χ2n) is 5.13. The van der Waals surface area contributed by atoms with Gasteiger partial charge in [0.1, 0.15) is 10.9 Å². The number of hydrogen-bond donors (Lipinski definition) is 1. The Morgan fingerprint density at radius 3 is 2.71 bits per heavy atom. The molecule has 24 heavy (non-hydrogen) atoms. The number of aromatic nitrogens is 2. The SMILES string of the molecule is Cc1nn(-c2ccccc2)c(Cl)c1/C=N/NC(=O)c1ccoc1C. The fourth-order valence-corrected chi connectivity index (χ4v) is 2.56. The predicted molar refractivity (Wildman–Crippen MR) is 91.8 cm³/mol. The summed E-state index contributed by atoms with van der Waals surface area (Å²) in [4.78, 5) is 12.0. The van der Waals surface area contributed by atoms with Gasteiger partial charge in [-0.15, -0.1) is 0 Å². The average Bonchev–Trinajstić information content (AvgIpc) is 3.13. The Morgan fingerprint density at radius 1 is 1.29 bits per heavy atom. The molecule has 0 spiro atoms. The van der Waals surface area contributed by atoms with Crippen LogP contribution in [0.5, 0.6) is 0 Å². The first-order valence-electron chi connectivity index (χ1n) is 7.26. The second kappa shape index (κ2) is 6.72. The third-order valence-corrected chi connectivity index (χ3v) is 3.88. The summed E-state index contributed by atoms with van der Waals surface area (Å²) in [5, 5.41) is 8.80. The maximum absolute atomic E-state index is 12.0. The smallest absolute Gasteiger partial charge is 0.274 e. The average molecular weight is 343 g/mol. The number of benzene rings is 1. The van der Waals surface area contributed by atoms with Crippen LogP contribution in [0.1, 0.15) is 27.4 Å². The standard InChI is InChI=1S/C17H15ClN4O2/c1-11-15(10-19-20-17(23)14-8-9-24-12(14)2)16(18)22(21-11)13-6-4-3-5-7-13/h3-10H,1-2H3,(H,20,23)/b19-10+. The molecular weight excluding hydrogens is 328 g/mol. The van der Waals surface area contributed by atoms with Crippen molar-refractivity contribution in [2.75, 3.05) is 0 Å². The zero-order valence-corrected chi connectivity index (χ0v) is 13.9. The number of carbonyl (C=O) groups excluding carboxylic acids is 1. The largest absolute Gasteiger partial charge is 0.469 e. The molecule has 0 fully saturated rings. The van der Waals surface area contributed by atoms with Crippen molar-refractivity contribution >= 4 is 23.7 Å². The van der Waals surface area contributed by atoms with Gasteiger partial charge in [-0.05, 0) is 32.0 Å². The van der Waals surface area contributed by atoms with Gasteiger partial charge in [0.05, 0.1) is 35.0 Å².